The van der Waals surface area contributed by atoms with Crippen LogP contribution in [0.3, 0.4) is 0 Å². The van der Waals surface area contributed by atoms with E-state index in [1.54, 1.807) is 6.07 Å². The van der Waals surface area contributed by atoms with Gasteiger partial charge in [0.2, 0.25) is 0 Å². The lowest BCUT2D eigenvalue weighted by Crippen LogP contribution is -2.55. The van der Waals surface area contributed by atoms with E-state index < -0.39 is 10.3 Å². The third-order valence-corrected chi connectivity index (χ3v) is 4.66. The molecule has 0 saturated heterocycles. The van der Waals surface area contributed by atoms with Crippen molar-refractivity contribution in [3.05, 3.63) is 33.3 Å². The second-order valence-corrected chi connectivity index (χ2v) is 5.90. The lowest BCUT2D eigenvalue weighted by atomic mass is 9.63. The highest BCUT2D eigenvalue weighted by molar-refractivity contribution is 6.30. The van der Waals surface area contributed by atoms with Gasteiger partial charge in [-0.25, -0.2) is 0 Å². The highest BCUT2D eigenvalue weighted by Crippen LogP contribution is 2.52. The van der Waals surface area contributed by atoms with Crippen LogP contribution in [-0.4, -0.2) is 16.8 Å². The predicted octanol–water partition coefficient (Wildman–Crippen LogP) is 3.53. The highest BCUT2D eigenvalue weighted by Gasteiger charge is 2.57. The van der Waals surface area contributed by atoms with Gasteiger partial charge in [-0.2, -0.15) is 0 Å². The lowest BCUT2D eigenvalue weighted by Gasteiger charge is -2.44. The molecule has 0 aliphatic heterocycles. The molecule has 2 aliphatic carbocycles. The minimum atomic E-state index is -0.511. The molecule has 1 unspecified atom stereocenters. The van der Waals surface area contributed by atoms with E-state index in [0.717, 1.165) is 25.7 Å². The van der Waals surface area contributed by atoms with E-state index in [0.29, 0.717) is 11.4 Å². The molecule has 0 bridgehead atoms. The van der Waals surface area contributed by atoms with Gasteiger partial charge >= 0.3 is 5.69 Å². The molecule has 2 fully saturated rings. The smallest absolute Gasteiger partial charge is 0.312 e. The van der Waals surface area contributed by atoms with Crippen LogP contribution in [0.4, 0.5) is 5.69 Å². The lowest BCUT2D eigenvalue weighted by molar-refractivity contribution is -0.386. The fourth-order valence-corrected chi connectivity index (χ4v) is 3.43. The first-order valence-corrected chi connectivity index (χ1v) is 7.05. The number of hydrogen-bond donors (Lipinski definition) is 0. The molecule has 2 aliphatic rings. The summed E-state index contributed by atoms with van der Waals surface area (Å²) in [5.41, 5.74) is -0.543. The van der Waals surface area contributed by atoms with E-state index >= 15 is 0 Å². The van der Waals surface area contributed by atoms with Gasteiger partial charge in [0.1, 0.15) is 11.9 Å². The summed E-state index contributed by atoms with van der Waals surface area (Å²) >= 11 is 5.77. The summed E-state index contributed by atoms with van der Waals surface area (Å²) in [5.74, 6) is 0.430. The van der Waals surface area contributed by atoms with Gasteiger partial charge in [0, 0.05) is 17.5 Å². The first kappa shape index (κ1) is 13.4. The SMILES string of the molecule is O=C1CC(Oc2ccc(Cl)cc2[N+](=O)[O-])C12CCCC2. The molecular weight excluding hydrogens is 282 g/mol. The van der Waals surface area contributed by atoms with Crippen LogP contribution in [-0.2, 0) is 4.79 Å². The zero-order chi connectivity index (χ0) is 14.3. The molecule has 106 valence electrons. The Morgan fingerprint density at radius 3 is 2.65 bits per heavy atom. The number of rotatable bonds is 3. The second kappa shape index (κ2) is 4.74. The van der Waals surface area contributed by atoms with E-state index in [9.17, 15) is 14.9 Å². The van der Waals surface area contributed by atoms with Crippen molar-refractivity contribution in [2.75, 3.05) is 0 Å². The quantitative estimate of drug-likeness (QED) is 0.632. The van der Waals surface area contributed by atoms with E-state index in [1.165, 1.54) is 12.1 Å². The maximum atomic E-state index is 11.9. The predicted molar refractivity (Wildman–Crippen MR) is 73.0 cm³/mol. The van der Waals surface area contributed by atoms with Crippen molar-refractivity contribution in [2.45, 2.75) is 38.2 Å². The number of ether oxygens (including phenoxy) is 1. The minimum absolute atomic E-state index is 0.148. The number of nitro benzene ring substituents is 1. The molecule has 20 heavy (non-hydrogen) atoms. The molecule has 1 aromatic carbocycles. The number of Topliss-reactive ketones (excluding diaryl/α,β-unsaturated/α-hetero) is 1. The molecule has 0 aromatic heterocycles. The third-order valence-electron chi connectivity index (χ3n) is 4.43. The Morgan fingerprint density at radius 1 is 1.35 bits per heavy atom. The van der Waals surface area contributed by atoms with Crippen LogP contribution in [0.25, 0.3) is 0 Å². The van der Waals surface area contributed by atoms with E-state index in [4.69, 9.17) is 16.3 Å². The van der Waals surface area contributed by atoms with Crippen LogP contribution in [0.5, 0.6) is 5.75 Å². The van der Waals surface area contributed by atoms with E-state index in [2.05, 4.69) is 0 Å². The molecule has 0 heterocycles. The van der Waals surface area contributed by atoms with E-state index in [-0.39, 0.29) is 23.3 Å². The van der Waals surface area contributed by atoms with Crippen molar-refractivity contribution in [3.8, 4) is 5.75 Å². The maximum absolute atomic E-state index is 11.9. The van der Waals surface area contributed by atoms with Crippen LogP contribution >= 0.6 is 11.6 Å². The van der Waals surface area contributed by atoms with Gasteiger partial charge in [-0.1, -0.05) is 24.4 Å². The third kappa shape index (κ3) is 1.97. The van der Waals surface area contributed by atoms with Crippen molar-refractivity contribution < 1.29 is 14.5 Å². The Hall–Kier alpha value is -1.62. The largest absolute Gasteiger partial charge is 0.482 e. The number of nitrogens with zero attached hydrogens (tertiary/aromatic N) is 1. The van der Waals surface area contributed by atoms with Crippen LogP contribution in [0, 0.1) is 15.5 Å². The van der Waals surface area contributed by atoms with Crippen molar-refractivity contribution in [1.29, 1.82) is 0 Å². The summed E-state index contributed by atoms with van der Waals surface area (Å²) in [6, 6.07) is 4.34. The first-order valence-electron chi connectivity index (χ1n) is 6.67. The normalized spacial score (nSPS) is 23.6. The number of benzene rings is 1. The van der Waals surface area contributed by atoms with E-state index in [1.807, 2.05) is 0 Å². The number of carbonyl (C=O) groups excluding carboxylic acids is 1. The summed E-state index contributed by atoms with van der Waals surface area (Å²) < 4.78 is 5.78. The summed E-state index contributed by atoms with van der Waals surface area (Å²) in [5, 5.41) is 11.3. The fourth-order valence-electron chi connectivity index (χ4n) is 3.26. The van der Waals surface area contributed by atoms with Crippen LogP contribution in [0.2, 0.25) is 5.02 Å². The van der Waals surface area contributed by atoms with Crippen molar-refractivity contribution in [2.24, 2.45) is 5.41 Å². The summed E-state index contributed by atoms with van der Waals surface area (Å²) in [7, 11) is 0. The standard InChI is InChI=1S/C14H14ClNO4/c15-9-3-4-11(10(7-9)16(18)19)20-13-8-12(17)14(13)5-1-2-6-14/h3-4,7,13H,1-2,5-6,8H2. The molecule has 1 aromatic rings. The number of carbonyl (C=O) groups is 1. The van der Waals surface area contributed by atoms with Gasteiger partial charge in [0.05, 0.1) is 10.3 Å². The molecule has 0 amide bonds. The summed E-state index contributed by atoms with van der Waals surface area (Å²) in [4.78, 5) is 22.4. The monoisotopic (exact) mass is 295 g/mol. The Morgan fingerprint density at radius 2 is 2.05 bits per heavy atom. The van der Waals surface area contributed by atoms with Gasteiger partial charge < -0.3 is 4.74 Å². The maximum Gasteiger partial charge on any atom is 0.312 e. The van der Waals surface area contributed by atoms with Gasteiger partial charge in [0.15, 0.2) is 5.75 Å². The Labute approximate surface area is 121 Å². The molecular formula is C14H14ClNO4. The molecule has 5 nitrogen and oxygen atoms in total. The first-order chi connectivity index (χ1) is 9.53. The van der Waals surface area contributed by atoms with Crippen LogP contribution in [0.15, 0.2) is 18.2 Å². The number of halogens is 1. The number of ketones is 1. The second-order valence-electron chi connectivity index (χ2n) is 5.47. The fraction of sp³-hybridized carbons (Fsp3) is 0.500. The Balaban J connectivity index is 1.85. The van der Waals surface area contributed by atoms with Crippen molar-refractivity contribution in [1.82, 2.24) is 0 Å². The van der Waals surface area contributed by atoms with Crippen molar-refractivity contribution >= 4 is 23.1 Å². The molecule has 2 saturated carbocycles. The summed E-state index contributed by atoms with van der Waals surface area (Å²) in [6.07, 6.45) is 3.82. The minimum Gasteiger partial charge on any atom is -0.482 e. The van der Waals surface area contributed by atoms with Gasteiger partial charge in [-0.05, 0) is 25.0 Å². The molecule has 0 N–H and O–H groups in total. The number of nitro groups is 1. The average Bonchev–Trinajstić information content (AvgIpc) is 2.92. The summed E-state index contributed by atoms with van der Waals surface area (Å²) in [6.45, 7) is 0. The van der Waals surface area contributed by atoms with Gasteiger partial charge in [-0.15, -0.1) is 0 Å². The van der Waals surface area contributed by atoms with Crippen LogP contribution in [0.1, 0.15) is 32.1 Å². The Kier molecular flexibility index (Phi) is 3.17. The zero-order valence-electron chi connectivity index (χ0n) is 10.8. The number of hydrogen-bond acceptors (Lipinski definition) is 4. The van der Waals surface area contributed by atoms with Gasteiger partial charge in [0.25, 0.3) is 0 Å². The van der Waals surface area contributed by atoms with Crippen molar-refractivity contribution in [3.63, 3.8) is 0 Å². The molecule has 6 heteroatoms. The molecule has 1 spiro atoms. The zero-order valence-corrected chi connectivity index (χ0v) is 11.6. The van der Waals surface area contributed by atoms with Crippen LogP contribution < -0.4 is 4.74 Å². The highest BCUT2D eigenvalue weighted by atomic mass is 35.5. The molecule has 1 atom stereocenters. The molecule has 3 rings (SSSR count). The van der Waals surface area contributed by atoms with Gasteiger partial charge in [-0.3, -0.25) is 14.9 Å². The Bertz CT molecular complexity index is 581. The topological polar surface area (TPSA) is 69.4 Å². The molecule has 0 radical (unpaired) electrons. The average molecular weight is 296 g/mol.